The van der Waals surface area contributed by atoms with Gasteiger partial charge >= 0.3 is 0 Å². The highest BCUT2D eigenvalue weighted by molar-refractivity contribution is 5.91. The summed E-state index contributed by atoms with van der Waals surface area (Å²) in [6.45, 7) is 3.18. The number of aryl methyl sites for hydroxylation is 1. The van der Waals surface area contributed by atoms with Gasteiger partial charge in [0.15, 0.2) is 5.82 Å². The molecule has 1 aliphatic heterocycles. The molecule has 0 aromatic carbocycles. The van der Waals surface area contributed by atoms with Crippen LogP contribution < -0.4 is 10.6 Å². The predicted octanol–water partition coefficient (Wildman–Crippen LogP) is 2.02. The summed E-state index contributed by atoms with van der Waals surface area (Å²) < 4.78 is 10.5. The molecule has 3 rings (SSSR count). The number of carbonyl (C=O) groups excluding carboxylic acids is 2. The van der Waals surface area contributed by atoms with Crippen molar-refractivity contribution in [1.82, 2.24) is 10.5 Å². The van der Waals surface area contributed by atoms with Gasteiger partial charge in [-0.3, -0.25) is 9.59 Å². The summed E-state index contributed by atoms with van der Waals surface area (Å²) in [6, 6.07) is 1.70. The maximum atomic E-state index is 12.2. The molecule has 1 saturated carbocycles. The van der Waals surface area contributed by atoms with Crippen molar-refractivity contribution in [3.8, 4) is 0 Å². The Bertz CT molecular complexity index is 572. The van der Waals surface area contributed by atoms with E-state index in [0.717, 1.165) is 45.1 Å². The normalized spacial score (nSPS) is 27.0. The summed E-state index contributed by atoms with van der Waals surface area (Å²) in [7, 11) is 0. The van der Waals surface area contributed by atoms with Crippen LogP contribution >= 0.6 is 0 Å². The molecule has 1 aromatic rings. The van der Waals surface area contributed by atoms with Crippen molar-refractivity contribution in [2.24, 2.45) is 11.8 Å². The first-order chi connectivity index (χ1) is 11.6. The quantitative estimate of drug-likeness (QED) is 0.859. The Kier molecular flexibility index (Phi) is 5.50. The van der Waals surface area contributed by atoms with Gasteiger partial charge < -0.3 is 19.9 Å². The number of ether oxygens (including phenoxy) is 1. The van der Waals surface area contributed by atoms with Gasteiger partial charge in [-0.25, -0.2) is 0 Å². The summed E-state index contributed by atoms with van der Waals surface area (Å²) in [6.07, 6.45) is 5.20. The average molecular weight is 335 g/mol. The van der Waals surface area contributed by atoms with Gasteiger partial charge in [-0.2, -0.15) is 0 Å². The molecule has 2 N–H and O–H groups in total. The molecule has 2 aliphatic rings. The molecule has 1 unspecified atom stereocenters. The molecule has 1 aromatic heterocycles. The van der Waals surface area contributed by atoms with Crippen molar-refractivity contribution in [3.05, 3.63) is 11.8 Å². The lowest BCUT2D eigenvalue weighted by Gasteiger charge is -2.27. The fraction of sp³-hybridized carbons (Fsp3) is 0.706. The Morgan fingerprint density at radius 2 is 1.88 bits per heavy atom. The van der Waals surface area contributed by atoms with E-state index < -0.39 is 0 Å². The van der Waals surface area contributed by atoms with Crippen LogP contribution in [0.5, 0.6) is 0 Å². The zero-order valence-electron chi connectivity index (χ0n) is 14.0. The highest BCUT2D eigenvalue weighted by atomic mass is 16.5. The number of carbonyl (C=O) groups is 2. The van der Waals surface area contributed by atoms with E-state index in [-0.39, 0.29) is 29.8 Å². The zero-order valence-corrected chi connectivity index (χ0v) is 14.0. The van der Waals surface area contributed by atoms with Crippen LogP contribution in [-0.4, -0.2) is 36.2 Å². The maximum absolute atomic E-state index is 12.2. The molecule has 24 heavy (non-hydrogen) atoms. The average Bonchev–Trinajstić information content (AvgIpc) is 3.24. The molecule has 0 spiro atoms. The van der Waals surface area contributed by atoms with Crippen molar-refractivity contribution in [2.45, 2.75) is 51.6 Å². The van der Waals surface area contributed by atoms with E-state index >= 15 is 0 Å². The van der Waals surface area contributed by atoms with Gasteiger partial charge in [0.2, 0.25) is 11.8 Å². The molecule has 1 saturated heterocycles. The van der Waals surface area contributed by atoms with Crippen molar-refractivity contribution < 1.29 is 18.8 Å². The summed E-state index contributed by atoms with van der Waals surface area (Å²) in [5, 5.41) is 9.54. The van der Waals surface area contributed by atoms with Crippen LogP contribution in [0.3, 0.4) is 0 Å². The highest BCUT2D eigenvalue weighted by Gasteiger charge is 2.30. The molecule has 7 nitrogen and oxygen atoms in total. The Hall–Kier alpha value is -1.89. The van der Waals surface area contributed by atoms with Crippen molar-refractivity contribution >= 4 is 17.6 Å². The van der Waals surface area contributed by atoms with Crippen LogP contribution in [0.4, 0.5) is 5.82 Å². The second kappa shape index (κ2) is 7.79. The van der Waals surface area contributed by atoms with Crippen molar-refractivity contribution in [2.75, 3.05) is 18.5 Å². The van der Waals surface area contributed by atoms with Crippen LogP contribution in [0.1, 0.15) is 44.3 Å². The lowest BCUT2D eigenvalue weighted by Crippen LogP contribution is -2.38. The maximum Gasteiger partial charge on any atom is 0.228 e. The first-order valence-electron chi connectivity index (χ1n) is 8.75. The number of hydrogen-bond donors (Lipinski definition) is 2. The molecule has 2 heterocycles. The molecule has 0 radical (unpaired) electrons. The minimum Gasteiger partial charge on any atom is -0.376 e. The highest BCUT2D eigenvalue weighted by Crippen LogP contribution is 2.30. The Morgan fingerprint density at radius 1 is 1.17 bits per heavy atom. The molecular weight excluding hydrogens is 310 g/mol. The van der Waals surface area contributed by atoms with Crippen molar-refractivity contribution in [3.63, 3.8) is 0 Å². The van der Waals surface area contributed by atoms with Crippen LogP contribution in [0.25, 0.3) is 0 Å². The second-order valence-corrected chi connectivity index (χ2v) is 6.74. The van der Waals surface area contributed by atoms with E-state index in [1.165, 1.54) is 0 Å². The van der Waals surface area contributed by atoms with Gasteiger partial charge in [-0.15, -0.1) is 0 Å². The monoisotopic (exact) mass is 335 g/mol. The second-order valence-electron chi connectivity index (χ2n) is 6.74. The van der Waals surface area contributed by atoms with Crippen LogP contribution in [0, 0.1) is 18.8 Å². The Morgan fingerprint density at radius 3 is 2.46 bits per heavy atom. The lowest BCUT2D eigenvalue weighted by atomic mass is 9.81. The molecule has 2 amide bonds. The van der Waals surface area contributed by atoms with Gasteiger partial charge in [0.1, 0.15) is 5.76 Å². The fourth-order valence-corrected chi connectivity index (χ4v) is 3.44. The Labute approximate surface area is 141 Å². The first kappa shape index (κ1) is 17.0. The topological polar surface area (TPSA) is 93.5 Å². The largest absolute Gasteiger partial charge is 0.376 e. The summed E-state index contributed by atoms with van der Waals surface area (Å²) >= 11 is 0. The number of nitrogens with one attached hydrogen (secondary N) is 2. The SMILES string of the molecule is Cc1cc(NC(=O)C2CCC(C(=O)NCC3CCCO3)CC2)no1. The van der Waals surface area contributed by atoms with Crippen molar-refractivity contribution in [1.29, 1.82) is 0 Å². The third-order valence-corrected chi connectivity index (χ3v) is 4.88. The van der Waals surface area contributed by atoms with E-state index in [4.69, 9.17) is 9.26 Å². The molecular formula is C17H25N3O4. The number of hydrogen-bond acceptors (Lipinski definition) is 5. The minimum absolute atomic E-state index is 0.00440. The molecule has 7 heteroatoms. The fourth-order valence-electron chi connectivity index (χ4n) is 3.44. The lowest BCUT2D eigenvalue weighted by molar-refractivity contribution is -0.128. The third-order valence-electron chi connectivity index (χ3n) is 4.88. The summed E-state index contributed by atoms with van der Waals surface area (Å²) in [5.74, 6) is 1.11. The van der Waals surface area contributed by atoms with Gasteiger partial charge in [0, 0.05) is 31.1 Å². The smallest absolute Gasteiger partial charge is 0.228 e. The van der Waals surface area contributed by atoms with Gasteiger partial charge in [0.25, 0.3) is 0 Å². The van der Waals surface area contributed by atoms with E-state index in [2.05, 4.69) is 15.8 Å². The predicted molar refractivity (Wildman–Crippen MR) is 87.3 cm³/mol. The van der Waals surface area contributed by atoms with E-state index in [1.54, 1.807) is 13.0 Å². The van der Waals surface area contributed by atoms with E-state index in [0.29, 0.717) is 18.1 Å². The number of rotatable bonds is 5. The number of nitrogens with zero attached hydrogens (tertiary/aromatic N) is 1. The van der Waals surface area contributed by atoms with E-state index in [1.807, 2.05) is 0 Å². The first-order valence-corrected chi connectivity index (χ1v) is 8.75. The van der Waals surface area contributed by atoms with Crippen LogP contribution in [0.15, 0.2) is 10.6 Å². The third kappa shape index (κ3) is 4.35. The Balaban J connectivity index is 1.39. The number of aromatic nitrogens is 1. The molecule has 0 bridgehead atoms. The number of amides is 2. The molecule has 1 atom stereocenters. The van der Waals surface area contributed by atoms with E-state index in [9.17, 15) is 9.59 Å². The molecule has 2 fully saturated rings. The van der Waals surface area contributed by atoms with Crippen LogP contribution in [-0.2, 0) is 14.3 Å². The summed E-state index contributed by atoms with van der Waals surface area (Å²) in [5.41, 5.74) is 0. The summed E-state index contributed by atoms with van der Waals surface area (Å²) in [4.78, 5) is 24.5. The van der Waals surface area contributed by atoms with Gasteiger partial charge in [-0.1, -0.05) is 5.16 Å². The zero-order chi connectivity index (χ0) is 16.9. The standard InChI is InChI=1S/C17H25N3O4/c1-11-9-15(20-24-11)19-17(22)13-6-4-12(5-7-13)16(21)18-10-14-3-2-8-23-14/h9,12-14H,2-8,10H2,1H3,(H,18,21)(H,19,20,22). The molecule has 1 aliphatic carbocycles. The van der Waals surface area contributed by atoms with Crippen LogP contribution in [0.2, 0.25) is 0 Å². The number of anilines is 1. The van der Waals surface area contributed by atoms with Gasteiger partial charge in [-0.05, 0) is 45.4 Å². The minimum atomic E-state index is -0.0655. The van der Waals surface area contributed by atoms with Gasteiger partial charge in [0.05, 0.1) is 6.10 Å². The molecule has 132 valence electrons.